The smallest absolute Gasteiger partial charge is 0.323 e. The second-order valence-corrected chi connectivity index (χ2v) is 3.02. The van der Waals surface area contributed by atoms with Gasteiger partial charge in [-0.3, -0.25) is 9.59 Å². The maximum atomic E-state index is 11.1. The first-order valence-corrected chi connectivity index (χ1v) is 4.91. The summed E-state index contributed by atoms with van der Waals surface area (Å²) in [6.07, 6.45) is 1.99. The van der Waals surface area contributed by atoms with Crippen LogP contribution in [0.5, 0.6) is 0 Å². The molecule has 86 valence electrons. The van der Waals surface area contributed by atoms with E-state index in [1.54, 1.807) is 0 Å². The molecule has 0 aliphatic heterocycles. The van der Waals surface area contributed by atoms with Gasteiger partial charge in [-0.15, -0.1) is 0 Å². The Balaban J connectivity index is 3.72. The zero-order chi connectivity index (χ0) is 11.7. The molecular formula is C10H18N2O3. The summed E-state index contributed by atoms with van der Waals surface area (Å²) in [5, 5.41) is 2.62. The molecule has 1 atom stereocenters. The third kappa shape index (κ3) is 6.68. The minimum absolute atomic E-state index is 0.107. The van der Waals surface area contributed by atoms with Gasteiger partial charge in [-0.1, -0.05) is 12.7 Å². The maximum Gasteiger partial charge on any atom is 0.323 e. The SMILES string of the molecule is C=CCOC(=O)[C@@H](N)CCC(=O)NCC. The highest BCUT2D eigenvalue weighted by Gasteiger charge is 2.15. The van der Waals surface area contributed by atoms with Gasteiger partial charge in [0.15, 0.2) is 0 Å². The summed E-state index contributed by atoms with van der Waals surface area (Å²) in [5.74, 6) is -0.608. The van der Waals surface area contributed by atoms with Gasteiger partial charge in [-0.05, 0) is 13.3 Å². The van der Waals surface area contributed by atoms with E-state index in [-0.39, 0.29) is 18.9 Å². The Morgan fingerprint density at radius 1 is 1.60 bits per heavy atom. The average molecular weight is 214 g/mol. The lowest BCUT2D eigenvalue weighted by atomic mass is 10.1. The summed E-state index contributed by atoms with van der Waals surface area (Å²) in [4.78, 5) is 22.2. The van der Waals surface area contributed by atoms with Gasteiger partial charge < -0.3 is 15.8 Å². The minimum Gasteiger partial charge on any atom is -0.460 e. The van der Waals surface area contributed by atoms with E-state index >= 15 is 0 Å². The largest absolute Gasteiger partial charge is 0.460 e. The Morgan fingerprint density at radius 3 is 2.80 bits per heavy atom. The summed E-state index contributed by atoms with van der Waals surface area (Å²) in [6, 6.07) is -0.743. The Morgan fingerprint density at radius 2 is 2.27 bits per heavy atom. The Labute approximate surface area is 89.7 Å². The number of hydrogen-bond acceptors (Lipinski definition) is 4. The van der Waals surface area contributed by atoms with Gasteiger partial charge in [0.25, 0.3) is 0 Å². The van der Waals surface area contributed by atoms with Gasteiger partial charge in [-0.2, -0.15) is 0 Å². The van der Waals surface area contributed by atoms with Crippen molar-refractivity contribution in [2.45, 2.75) is 25.8 Å². The number of hydrogen-bond donors (Lipinski definition) is 2. The standard InChI is InChI=1S/C10H18N2O3/c1-3-7-15-10(14)8(11)5-6-9(13)12-4-2/h3,8H,1,4-7,11H2,2H3,(H,12,13)/t8-/m0/s1. The molecule has 0 aromatic rings. The van der Waals surface area contributed by atoms with Gasteiger partial charge in [0.05, 0.1) is 0 Å². The molecule has 0 rings (SSSR count). The topological polar surface area (TPSA) is 81.4 Å². The summed E-state index contributed by atoms with van der Waals surface area (Å²) >= 11 is 0. The molecule has 0 aromatic carbocycles. The molecule has 3 N–H and O–H groups in total. The number of nitrogens with two attached hydrogens (primary N) is 1. The van der Waals surface area contributed by atoms with E-state index in [9.17, 15) is 9.59 Å². The number of carbonyl (C=O) groups is 2. The van der Waals surface area contributed by atoms with Crippen molar-refractivity contribution >= 4 is 11.9 Å². The highest BCUT2D eigenvalue weighted by molar-refractivity contribution is 5.79. The van der Waals surface area contributed by atoms with Crippen LogP contribution < -0.4 is 11.1 Å². The van der Waals surface area contributed by atoms with Crippen molar-refractivity contribution in [1.29, 1.82) is 0 Å². The molecule has 0 unspecified atom stereocenters. The van der Waals surface area contributed by atoms with Gasteiger partial charge in [0.1, 0.15) is 12.6 Å². The molecule has 0 aliphatic carbocycles. The molecule has 0 aromatic heterocycles. The summed E-state index contributed by atoms with van der Waals surface area (Å²) in [6.45, 7) is 5.96. The zero-order valence-electron chi connectivity index (χ0n) is 8.99. The van der Waals surface area contributed by atoms with E-state index in [2.05, 4.69) is 11.9 Å². The molecule has 5 heteroatoms. The van der Waals surface area contributed by atoms with Crippen LogP contribution in [0.25, 0.3) is 0 Å². The van der Waals surface area contributed by atoms with Crippen LogP contribution in [0.2, 0.25) is 0 Å². The lowest BCUT2D eigenvalue weighted by Crippen LogP contribution is -2.34. The van der Waals surface area contributed by atoms with Crippen LogP contribution >= 0.6 is 0 Å². The third-order valence-electron chi connectivity index (χ3n) is 1.70. The molecule has 5 nitrogen and oxygen atoms in total. The molecule has 1 amide bonds. The van der Waals surface area contributed by atoms with Crippen molar-refractivity contribution in [3.8, 4) is 0 Å². The van der Waals surface area contributed by atoms with E-state index in [0.29, 0.717) is 13.0 Å². The van der Waals surface area contributed by atoms with Crippen molar-refractivity contribution in [1.82, 2.24) is 5.32 Å². The van der Waals surface area contributed by atoms with Crippen LogP contribution in [0, 0.1) is 0 Å². The molecule has 0 heterocycles. The van der Waals surface area contributed by atoms with Crippen molar-refractivity contribution in [2.24, 2.45) is 5.73 Å². The normalized spacial score (nSPS) is 11.6. The van der Waals surface area contributed by atoms with Crippen LogP contribution in [0.1, 0.15) is 19.8 Å². The molecule has 0 saturated heterocycles. The number of ether oxygens (including phenoxy) is 1. The molecule has 0 bridgehead atoms. The maximum absolute atomic E-state index is 11.1. The predicted molar refractivity (Wildman–Crippen MR) is 57.0 cm³/mol. The third-order valence-corrected chi connectivity index (χ3v) is 1.70. The fourth-order valence-corrected chi connectivity index (χ4v) is 0.938. The molecular weight excluding hydrogens is 196 g/mol. The van der Waals surface area contributed by atoms with Crippen molar-refractivity contribution < 1.29 is 14.3 Å². The van der Waals surface area contributed by atoms with E-state index in [1.165, 1.54) is 6.08 Å². The number of carbonyl (C=O) groups excluding carboxylic acids is 2. The quantitative estimate of drug-likeness (QED) is 0.460. The fourth-order valence-electron chi connectivity index (χ4n) is 0.938. The average Bonchev–Trinajstić information content (AvgIpc) is 2.22. The molecule has 15 heavy (non-hydrogen) atoms. The van der Waals surface area contributed by atoms with Gasteiger partial charge >= 0.3 is 5.97 Å². The van der Waals surface area contributed by atoms with E-state index in [1.807, 2.05) is 6.92 Å². The highest BCUT2D eigenvalue weighted by atomic mass is 16.5. The molecule has 0 saturated carbocycles. The van der Waals surface area contributed by atoms with Crippen molar-refractivity contribution in [2.75, 3.05) is 13.2 Å². The highest BCUT2D eigenvalue weighted by Crippen LogP contribution is 1.97. The van der Waals surface area contributed by atoms with Crippen LogP contribution in [-0.4, -0.2) is 31.1 Å². The number of rotatable bonds is 7. The second-order valence-electron chi connectivity index (χ2n) is 3.02. The lowest BCUT2D eigenvalue weighted by molar-refractivity contribution is -0.144. The van der Waals surface area contributed by atoms with Crippen molar-refractivity contribution in [3.63, 3.8) is 0 Å². The Kier molecular flexibility index (Phi) is 7.27. The number of esters is 1. The van der Waals surface area contributed by atoms with Crippen LogP contribution in [0.3, 0.4) is 0 Å². The van der Waals surface area contributed by atoms with Crippen LogP contribution in [0.4, 0.5) is 0 Å². The van der Waals surface area contributed by atoms with Crippen LogP contribution in [-0.2, 0) is 14.3 Å². The molecule has 0 fully saturated rings. The van der Waals surface area contributed by atoms with Gasteiger partial charge in [0, 0.05) is 13.0 Å². The summed E-state index contributed by atoms with van der Waals surface area (Å²) in [7, 11) is 0. The van der Waals surface area contributed by atoms with E-state index < -0.39 is 12.0 Å². The van der Waals surface area contributed by atoms with Gasteiger partial charge in [0.2, 0.25) is 5.91 Å². The lowest BCUT2D eigenvalue weighted by Gasteiger charge is -2.09. The number of amides is 1. The van der Waals surface area contributed by atoms with Crippen LogP contribution in [0.15, 0.2) is 12.7 Å². The predicted octanol–water partition coefficient (Wildman–Crippen LogP) is -0.0408. The Bertz CT molecular complexity index is 229. The van der Waals surface area contributed by atoms with Gasteiger partial charge in [-0.25, -0.2) is 0 Å². The second kappa shape index (κ2) is 7.99. The summed E-state index contributed by atoms with van der Waals surface area (Å²) < 4.78 is 4.73. The molecule has 0 radical (unpaired) electrons. The number of nitrogens with one attached hydrogen (secondary N) is 1. The van der Waals surface area contributed by atoms with Crippen molar-refractivity contribution in [3.05, 3.63) is 12.7 Å². The minimum atomic E-state index is -0.743. The summed E-state index contributed by atoms with van der Waals surface area (Å²) in [5.41, 5.74) is 5.51. The monoisotopic (exact) mass is 214 g/mol. The Hall–Kier alpha value is -1.36. The molecule has 0 spiro atoms. The first-order chi connectivity index (χ1) is 7.11. The fraction of sp³-hybridized carbons (Fsp3) is 0.600. The van der Waals surface area contributed by atoms with E-state index in [0.717, 1.165) is 0 Å². The first kappa shape index (κ1) is 13.6. The molecule has 0 aliphatic rings. The zero-order valence-corrected chi connectivity index (χ0v) is 8.99. The van der Waals surface area contributed by atoms with E-state index in [4.69, 9.17) is 10.5 Å². The first-order valence-electron chi connectivity index (χ1n) is 4.91.